The van der Waals surface area contributed by atoms with Crippen LogP contribution in [0.3, 0.4) is 0 Å². The summed E-state index contributed by atoms with van der Waals surface area (Å²) in [6, 6.07) is 9.96. The molecule has 0 fully saturated rings. The molecule has 1 heterocycles. The lowest BCUT2D eigenvalue weighted by Gasteiger charge is -2.36. The van der Waals surface area contributed by atoms with Crippen LogP contribution in [0.15, 0.2) is 61.3 Å². The van der Waals surface area contributed by atoms with Gasteiger partial charge in [-0.05, 0) is 64.2 Å². The first-order valence-corrected chi connectivity index (χ1v) is 11.3. The molecule has 4 nitrogen and oxygen atoms in total. The van der Waals surface area contributed by atoms with E-state index in [0.717, 1.165) is 30.5 Å². The summed E-state index contributed by atoms with van der Waals surface area (Å²) in [4.78, 5) is 28.5. The van der Waals surface area contributed by atoms with Gasteiger partial charge in [-0.1, -0.05) is 57.2 Å². The number of hydrogen-bond donors (Lipinski definition) is 1. The normalized spacial score (nSPS) is 19.6. The summed E-state index contributed by atoms with van der Waals surface area (Å²) in [6.07, 6.45) is 10.1. The smallest absolute Gasteiger partial charge is 0.241 e. The molecule has 0 radical (unpaired) electrons. The van der Waals surface area contributed by atoms with Gasteiger partial charge in [0.25, 0.3) is 0 Å². The highest BCUT2D eigenvalue weighted by atomic mass is 16.2. The monoisotopic (exact) mass is 422 g/mol. The molecule has 2 amide bonds. The molecule has 1 aliphatic heterocycles. The van der Waals surface area contributed by atoms with Gasteiger partial charge in [-0.25, -0.2) is 0 Å². The van der Waals surface area contributed by atoms with Crippen molar-refractivity contribution in [3.8, 4) is 0 Å². The van der Waals surface area contributed by atoms with Crippen LogP contribution in [0.5, 0.6) is 0 Å². The van der Waals surface area contributed by atoms with E-state index in [0.29, 0.717) is 6.42 Å². The van der Waals surface area contributed by atoms with Gasteiger partial charge in [-0.3, -0.25) is 9.59 Å². The number of nitrogens with one attached hydrogen (secondary N) is 1. The first-order valence-electron chi connectivity index (χ1n) is 11.3. The van der Waals surface area contributed by atoms with Crippen LogP contribution in [0.2, 0.25) is 0 Å². The summed E-state index contributed by atoms with van der Waals surface area (Å²) < 4.78 is 0. The molecule has 0 spiro atoms. The van der Waals surface area contributed by atoms with E-state index in [9.17, 15) is 9.59 Å². The van der Waals surface area contributed by atoms with Crippen molar-refractivity contribution in [2.45, 2.75) is 72.8 Å². The van der Waals surface area contributed by atoms with Crippen molar-refractivity contribution in [2.75, 3.05) is 0 Å². The minimum absolute atomic E-state index is 0.00279. The lowest BCUT2D eigenvalue weighted by molar-refractivity contribution is -0.136. The predicted octanol–water partition coefficient (Wildman–Crippen LogP) is 6.08. The molecule has 0 saturated heterocycles. The van der Waals surface area contributed by atoms with Crippen LogP contribution in [0, 0.1) is 10.8 Å². The molecule has 1 aromatic rings. The van der Waals surface area contributed by atoms with E-state index in [-0.39, 0.29) is 22.8 Å². The second-order valence-corrected chi connectivity index (χ2v) is 9.39. The first-order chi connectivity index (χ1) is 14.6. The fraction of sp³-hybridized carbons (Fsp3) is 0.481. The van der Waals surface area contributed by atoms with E-state index < -0.39 is 5.41 Å². The highest BCUT2D eigenvalue weighted by Crippen LogP contribution is 2.45. The maximum absolute atomic E-state index is 13.8. The van der Waals surface area contributed by atoms with Crippen LogP contribution < -0.4 is 5.32 Å². The van der Waals surface area contributed by atoms with Crippen LogP contribution in [0.1, 0.15) is 72.8 Å². The molecule has 0 bridgehead atoms. The van der Waals surface area contributed by atoms with Crippen LogP contribution in [0.4, 0.5) is 0 Å². The van der Waals surface area contributed by atoms with Gasteiger partial charge in [0.15, 0.2) is 0 Å². The highest BCUT2D eigenvalue weighted by molar-refractivity contribution is 6.01. The number of carbonyl (C=O) groups is 2. The summed E-state index contributed by atoms with van der Waals surface area (Å²) in [6.45, 7) is 16.1. The third-order valence-corrected chi connectivity index (χ3v) is 6.57. The largest absolute Gasteiger partial charge is 0.332 e. The Morgan fingerprint density at radius 1 is 1.10 bits per heavy atom. The maximum atomic E-state index is 13.8. The van der Waals surface area contributed by atoms with Gasteiger partial charge in [0.2, 0.25) is 11.8 Å². The van der Waals surface area contributed by atoms with Gasteiger partial charge in [-0.15, -0.1) is 6.58 Å². The van der Waals surface area contributed by atoms with E-state index in [2.05, 4.69) is 11.9 Å². The van der Waals surface area contributed by atoms with Crippen LogP contribution in [0.25, 0.3) is 5.70 Å². The van der Waals surface area contributed by atoms with Crippen molar-refractivity contribution in [1.82, 2.24) is 10.2 Å². The summed E-state index contributed by atoms with van der Waals surface area (Å²) in [5.41, 5.74) is 0.247. The van der Waals surface area contributed by atoms with Gasteiger partial charge in [0, 0.05) is 22.9 Å². The lowest BCUT2D eigenvalue weighted by atomic mass is 9.79. The SMILES string of the molecule is C=CCC1(/C=C\NC(=O)C(CC)(CC)CC)C=C(c2ccccc2)N(C(C)(C)C)C1=O. The molecule has 1 unspecified atom stereocenters. The number of benzene rings is 1. The van der Waals surface area contributed by atoms with Crippen molar-refractivity contribution < 1.29 is 9.59 Å². The molecule has 1 atom stereocenters. The molecule has 0 saturated carbocycles. The standard InChI is InChI=1S/C27H38N2O2/c1-8-17-27(18-19-28-23(30)26(9-2,10-3)11-4)20-22(21-15-13-12-14-16-21)29(24(27)31)25(5,6)7/h8,12-16,18-20H,1,9-11,17H2,2-7H3,(H,28,30)/b19-18-. The number of hydrogen-bond acceptors (Lipinski definition) is 2. The van der Waals surface area contributed by atoms with Gasteiger partial charge in [-0.2, -0.15) is 0 Å². The Hall–Kier alpha value is -2.62. The van der Waals surface area contributed by atoms with Gasteiger partial charge in [0.05, 0.1) is 5.41 Å². The molecule has 1 aromatic carbocycles. The molecule has 0 aromatic heterocycles. The Morgan fingerprint density at radius 2 is 1.68 bits per heavy atom. The summed E-state index contributed by atoms with van der Waals surface area (Å²) in [7, 11) is 0. The second-order valence-electron chi connectivity index (χ2n) is 9.39. The highest BCUT2D eigenvalue weighted by Gasteiger charge is 2.47. The predicted molar refractivity (Wildman–Crippen MR) is 129 cm³/mol. The van der Waals surface area contributed by atoms with E-state index in [4.69, 9.17) is 0 Å². The van der Waals surface area contributed by atoms with E-state index in [1.165, 1.54) is 0 Å². The number of allylic oxidation sites excluding steroid dienone is 1. The third kappa shape index (κ3) is 4.84. The molecular weight excluding hydrogens is 384 g/mol. The first kappa shape index (κ1) is 24.6. The van der Waals surface area contributed by atoms with Crippen molar-refractivity contribution in [3.63, 3.8) is 0 Å². The Morgan fingerprint density at radius 3 is 2.16 bits per heavy atom. The summed E-state index contributed by atoms with van der Waals surface area (Å²) in [5.74, 6) is 0.00683. The average Bonchev–Trinajstić information content (AvgIpc) is 3.03. The maximum Gasteiger partial charge on any atom is 0.241 e. The molecule has 4 heteroatoms. The van der Waals surface area contributed by atoms with Gasteiger partial charge in [0.1, 0.15) is 0 Å². The van der Waals surface area contributed by atoms with Crippen molar-refractivity contribution in [3.05, 3.63) is 66.9 Å². The van der Waals surface area contributed by atoms with Gasteiger partial charge >= 0.3 is 0 Å². The van der Waals surface area contributed by atoms with E-state index in [1.807, 2.05) is 88.9 Å². The van der Waals surface area contributed by atoms with E-state index in [1.54, 1.807) is 12.3 Å². The fourth-order valence-corrected chi connectivity index (χ4v) is 4.40. The number of rotatable bonds is 9. The molecule has 2 rings (SSSR count). The van der Waals surface area contributed by atoms with Crippen LogP contribution >= 0.6 is 0 Å². The van der Waals surface area contributed by atoms with Crippen LogP contribution in [-0.4, -0.2) is 22.3 Å². The Balaban J connectivity index is 2.47. The Bertz CT molecular complexity index is 849. The van der Waals surface area contributed by atoms with Gasteiger partial charge < -0.3 is 10.2 Å². The quantitative estimate of drug-likeness (QED) is 0.491. The van der Waals surface area contributed by atoms with Crippen molar-refractivity contribution >= 4 is 17.5 Å². The second kappa shape index (κ2) is 9.67. The topological polar surface area (TPSA) is 49.4 Å². The van der Waals surface area contributed by atoms with Crippen molar-refractivity contribution in [1.29, 1.82) is 0 Å². The molecule has 168 valence electrons. The number of carbonyl (C=O) groups excluding carboxylic acids is 2. The number of amides is 2. The Kier molecular flexibility index (Phi) is 7.69. The Labute approximate surface area is 188 Å². The molecule has 1 N–H and O–H groups in total. The van der Waals surface area contributed by atoms with Crippen molar-refractivity contribution in [2.24, 2.45) is 10.8 Å². The average molecular weight is 423 g/mol. The van der Waals surface area contributed by atoms with E-state index >= 15 is 0 Å². The minimum atomic E-state index is -0.874. The molecule has 0 aliphatic carbocycles. The lowest BCUT2D eigenvalue weighted by Crippen LogP contribution is -2.46. The zero-order valence-electron chi connectivity index (χ0n) is 20.0. The fourth-order valence-electron chi connectivity index (χ4n) is 4.40. The summed E-state index contributed by atoms with van der Waals surface area (Å²) >= 11 is 0. The summed E-state index contributed by atoms with van der Waals surface area (Å²) in [5, 5.41) is 2.96. The minimum Gasteiger partial charge on any atom is -0.332 e. The molecule has 1 aliphatic rings. The zero-order valence-corrected chi connectivity index (χ0v) is 20.0. The molecule has 31 heavy (non-hydrogen) atoms. The van der Waals surface area contributed by atoms with Crippen LogP contribution in [-0.2, 0) is 9.59 Å². The zero-order chi connectivity index (χ0) is 23.3. The third-order valence-electron chi connectivity index (χ3n) is 6.57. The molecular formula is C27H38N2O2. The number of nitrogens with zero attached hydrogens (tertiary/aromatic N) is 1.